The molecule has 21 aromatic carbocycles. The molecule has 0 N–H and O–H groups in total. The van der Waals surface area contributed by atoms with Gasteiger partial charge in [0.05, 0.1) is 49.8 Å². The SMILES string of the molecule is c1ccc(N(c2ccc(-c3ccc(-c4ccc5c6ccccc6n(-c6cccc(-c7ccc(N(c8ccc(-c9ccc(-c%10ccc%11c%12ccccc%12n(-c%12ccccc%12)c%11c%10)cc9)cc8)c8ccc(-c9ccc%10c(c9)c9ccccc9n%10-c9ccccc9)cc8)cc7)c6)c5c4)cc3)cc2)c2ccc(-c3ccc4c(c3)c3ccccc3n4-c3ccccc3)c3ccccc23)cc1. The lowest BCUT2D eigenvalue weighted by Crippen LogP contribution is -2.10. The van der Waals surface area contributed by atoms with Gasteiger partial charge in [-0.3, -0.25) is 0 Å². The largest absolute Gasteiger partial charge is 0.311 e. The highest BCUT2D eigenvalue weighted by Crippen LogP contribution is 2.48. The van der Waals surface area contributed by atoms with Crippen molar-refractivity contribution < 1.29 is 0 Å². The average molecular weight is 1660 g/mol. The summed E-state index contributed by atoms with van der Waals surface area (Å²) in [7, 11) is 0. The van der Waals surface area contributed by atoms with Gasteiger partial charge in [-0.15, -0.1) is 0 Å². The van der Waals surface area contributed by atoms with Crippen LogP contribution in [0.15, 0.2) is 497 Å². The average Bonchev–Trinajstić information content (AvgIpc) is 1.58. The smallest absolute Gasteiger partial charge is 0.0547 e. The summed E-state index contributed by atoms with van der Waals surface area (Å²) in [6.45, 7) is 0. The van der Waals surface area contributed by atoms with Crippen LogP contribution in [0.5, 0.6) is 0 Å². The number of para-hydroxylation sites is 8. The Morgan fingerprint density at radius 3 is 0.808 bits per heavy atom. The third-order valence-corrected chi connectivity index (χ3v) is 26.6. The number of hydrogen-bond donors (Lipinski definition) is 0. The Morgan fingerprint density at radius 2 is 0.385 bits per heavy atom. The van der Waals surface area contributed by atoms with Gasteiger partial charge in [-0.1, -0.05) is 322 Å². The summed E-state index contributed by atoms with van der Waals surface area (Å²) in [6.07, 6.45) is 0. The van der Waals surface area contributed by atoms with Crippen LogP contribution < -0.4 is 9.80 Å². The van der Waals surface area contributed by atoms with Crippen molar-refractivity contribution in [1.82, 2.24) is 18.3 Å². The van der Waals surface area contributed by atoms with Crippen LogP contribution in [0.2, 0.25) is 0 Å². The van der Waals surface area contributed by atoms with E-state index in [1.54, 1.807) is 0 Å². The van der Waals surface area contributed by atoms with Gasteiger partial charge in [0, 0.05) is 99.7 Å². The molecule has 0 fully saturated rings. The predicted molar refractivity (Wildman–Crippen MR) is 549 cm³/mol. The highest BCUT2D eigenvalue weighted by molar-refractivity contribution is 6.16. The fourth-order valence-electron chi connectivity index (χ4n) is 20.4. The number of benzene rings is 21. The minimum absolute atomic E-state index is 1.05. The first-order chi connectivity index (χ1) is 64.5. The summed E-state index contributed by atoms with van der Waals surface area (Å²) in [5.74, 6) is 0. The Bertz CT molecular complexity index is 8650. The Morgan fingerprint density at radius 1 is 0.123 bits per heavy atom. The van der Waals surface area contributed by atoms with Crippen molar-refractivity contribution in [3.05, 3.63) is 497 Å². The standard InChI is InChI=1S/C124H82N6/c1-5-25-96(26-6-1)126(120-77-74-105(106-34-13-14-35-107(106)120)95-63-76-122-115(80-95)111-39-18-22-43-119(111)128(122)98-29-9-3-10-30-98)103-70-54-86(55-71-103)84-46-50-88(51-47-84)94-61-73-113-109-37-16-20-41-117(109)130(124(113)82-94)104-33-23-24-91(78-104)89-56-66-101(67-57-89)125(102-68-58-90(59-69-102)92-62-75-121-114(79-92)110-38-17-21-42-118(110)127(121)97-27-7-2-8-28-97)100-64-52-85(53-65-100)83-44-48-87(49-45-83)93-60-72-112-108-36-15-19-40-116(108)129(123(112)81-93)99-31-11-4-12-32-99/h1-82H. The van der Waals surface area contributed by atoms with Crippen LogP contribution in [0.4, 0.5) is 34.1 Å². The summed E-state index contributed by atoms with van der Waals surface area (Å²) >= 11 is 0. The molecule has 6 heteroatoms. The Balaban J connectivity index is 0.511. The maximum atomic E-state index is 2.45. The van der Waals surface area contributed by atoms with E-state index in [1.165, 1.54) is 115 Å². The van der Waals surface area contributed by atoms with Gasteiger partial charge in [-0.25, -0.2) is 0 Å². The van der Waals surface area contributed by atoms with Crippen molar-refractivity contribution in [2.24, 2.45) is 0 Å². The van der Waals surface area contributed by atoms with Gasteiger partial charge in [-0.2, -0.15) is 0 Å². The quantitative estimate of drug-likeness (QED) is 0.0908. The Kier molecular flexibility index (Phi) is 18.2. The molecule has 0 bridgehead atoms. The molecule has 0 spiro atoms. The molecule has 4 heterocycles. The van der Waals surface area contributed by atoms with Crippen molar-refractivity contribution in [2.75, 3.05) is 9.80 Å². The monoisotopic (exact) mass is 1650 g/mol. The fraction of sp³-hybridized carbons (Fsp3) is 0. The van der Waals surface area contributed by atoms with E-state index in [4.69, 9.17) is 0 Å². The molecule has 608 valence electrons. The fourth-order valence-corrected chi connectivity index (χ4v) is 20.4. The Labute approximate surface area is 753 Å². The summed E-state index contributed by atoms with van der Waals surface area (Å²) in [5, 5.41) is 12.2. The van der Waals surface area contributed by atoms with Crippen molar-refractivity contribution >= 4 is 132 Å². The second-order valence-corrected chi connectivity index (χ2v) is 33.9. The minimum atomic E-state index is 1.05. The van der Waals surface area contributed by atoms with E-state index in [-0.39, 0.29) is 0 Å². The predicted octanol–water partition coefficient (Wildman–Crippen LogP) is 33.8. The van der Waals surface area contributed by atoms with Crippen LogP contribution in [0, 0.1) is 0 Å². The molecule has 4 aromatic heterocycles. The van der Waals surface area contributed by atoms with Gasteiger partial charge in [0.1, 0.15) is 0 Å². The highest BCUT2D eigenvalue weighted by Gasteiger charge is 2.24. The summed E-state index contributed by atoms with van der Waals surface area (Å²) in [4.78, 5) is 4.78. The van der Waals surface area contributed by atoms with Crippen LogP contribution in [-0.2, 0) is 0 Å². The molecule has 0 saturated carbocycles. The first kappa shape index (κ1) is 75.2. The maximum absolute atomic E-state index is 2.45. The molecule has 0 amide bonds. The molecule has 0 aliphatic carbocycles. The molecule has 0 atom stereocenters. The van der Waals surface area contributed by atoms with Crippen molar-refractivity contribution in [3.63, 3.8) is 0 Å². The van der Waals surface area contributed by atoms with Gasteiger partial charge >= 0.3 is 0 Å². The summed E-state index contributed by atoms with van der Waals surface area (Å²) in [5.41, 5.74) is 36.7. The minimum Gasteiger partial charge on any atom is -0.311 e. The highest BCUT2D eigenvalue weighted by atomic mass is 15.1. The van der Waals surface area contributed by atoms with E-state index in [0.29, 0.717) is 0 Å². The van der Waals surface area contributed by atoms with Crippen molar-refractivity contribution in [3.8, 4) is 101 Å². The van der Waals surface area contributed by atoms with Crippen LogP contribution in [-0.4, -0.2) is 18.3 Å². The van der Waals surface area contributed by atoms with E-state index >= 15 is 0 Å². The molecule has 6 nitrogen and oxygen atoms in total. The molecule has 130 heavy (non-hydrogen) atoms. The van der Waals surface area contributed by atoms with E-state index in [1.807, 2.05) is 0 Å². The van der Waals surface area contributed by atoms with Gasteiger partial charge in [0.25, 0.3) is 0 Å². The number of hydrogen-bond acceptors (Lipinski definition) is 2. The lowest BCUT2D eigenvalue weighted by Gasteiger charge is -2.27. The maximum Gasteiger partial charge on any atom is 0.0547 e. The molecule has 0 radical (unpaired) electrons. The van der Waals surface area contributed by atoms with Crippen molar-refractivity contribution in [2.45, 2.75) is 0 Å². The molecule has 25 rings (SSSR count). The van der Waals surface area contributed by atoms with Crippen LogP contribution in [0.3, 0.4) is 0 Å². The van der Waals surface area contributed by atoms with E-state index in [2.05, 4.69) is 526 Å². The third-order valence-electron chi connectivity index (χ3n) is 26.6. The van der Waals surface area contributed by atoms with Gasteiger partial charge in [-0.05, 0) is 259 Å². The number of aromatic nitrogens is 4. The van der Waals surface area contributed by atoms with Crippen molar-refractivity contribution in [1.29, 1.82) is 0 Å². The first-order valence-corrected chi connectivity index (χ1v) is 44.7. The lowest BCUT2D eigenvalue weighted by molar-refractivity contribution is 1.18. The second-order valence-electron chi connectivity index (χ2n) is 33.9. The number of rotatable bonds is 17. The van der Waals surface area contributed by atoms with Gasteiger partial charge in [0.2, 0.25) is 0 Å². The Hall–Kier alpha value is -17.3. The van der Waals surface area contributed by atoms with E-state index < -0.39 is 0 Å². The molecular weight excluding hydrogens is 1570 g/mol. The summed E-state index contributed by atoms with van der Waals surface area (Å²) < 4.78 is 9.60. The topological polar surface area (TPSA) is 26.2 Å². The van der Waals surface area contributed by atoms with E-state index in [9.17, 15) is 0 Å². The van der Waals surface area contributed by atoms with Gasteiger partial charge < -0.3 is 28.1 Å². The molecule has 25 aromatic rings. The first-order valence-electron chi connectivity index (χ1n) is 44.7. The molecule has 0 aliphatic rings. The normalized spacial score (nSPS) is 11.7. The van der Waals surface area contributed by atoms with Crippen LogP contribution in [0.25, 0.3) is 199 Å². The third kappa shape index (κ3) is 12.9. The molecule has 0 unspecified atom stereocenters. The zero-order chi connectivity index (χ0) is 85.7. The second kappa shape index (κ2) is 31.4. The molecule has 0 saturated heterocycles. The van der Waals surface area contributed by atoms with Crippen LogP contribution >= 0.6 is 0 Å². The zero-order valence-electron chi connectivity index (χ0n) is 71.0. The number of nitrogens with zero attached hydrogens (tertiary/aromatic N) is 6. The van der Waals surface area contributed by atoms with Crippen LogP contribution in [0.1, 0.15) is 0 Å². The number of fused-ring (bicyclic) bond motifs is 13. The molecule has 0 aliphatic heterocycles. The number of anilines is 6. The zero-order valence-corrected chi connectivity index (χ0v) is 71.0. The van der Waals surface area contributed by atoms with Gasteiger partial charge in [0.15, 0.2) is 0 Å². The summed E-state index contributed by atoms with van der Waals surface area (Å²) in [6, 6.07) is 183. The lowest BCUT2D eigenvalue weighted by atomic mass is 9.95. The van der Waals surface area contributed by atoms with E-state index in [0.717, 1.165) is 118 Å². The molecular formula is C124H82N6.